The van der Waals surface area contributed by atoms with Gasteiger partial charge in [-0.25, -0.2) is 4.98 Å². The first-order valence-corrected chi connectivity index (χ1v) is 5.64. The van der Waals surface area contributed by atoms with Gasteiger partial charge in [0, 0.05) is 50.7 Å². The predicted molar refractivity (Wildman–Crippen MR) is 55.1 cm³/mol. The van der Waals surface area contributed by atoms with Crippen molar-refractivity contribution in [3.63, 3.8) is 0 Å². The maximum Gasteiger partial charge on any atom is 0.0937 e. The molecule has 1 aliphatic heterocycles. The number of nitrogens with zero attached hydrogens (tertiary/aromatic N) is 2. The summed E-state index contributed by atoms with van der Waals surface area (Å²) < 4.78 is 0. The second-order valence-electron chi connectivity index (χ2n) is 3.27. The Morgan fingerprint density at radius 3 is 3.00 bits per heavy atom. The van der Waals surface area contributed by atoms with Gasteiger partial charge in [-0.2, -0.15) is 0 Å². The molecule has 0 atom stereocenters. The van der Waals surface area contributed by atoms with Gasteiger partial charge in [0.15, 0.2) is 0 Å². The van der Waals surface area contributed by atoms with Crippen molar-refractivity contribution in [3.8, 4) is 0 Å². The molecule has 2 rings (SSSR count). The minimum Gasteiger partial charge on any atom is -0.314 e. The normalized spacial score (nSPS) is 19.1. The molecule has 13 heavy (non-hydrogen) atoms. The van der Waals surface area contributed by atoms with Crippen LogP contribution in [0.5, 0.6) is 0 Å². The van der Waals surface area contributed by atoms with Gasteiger partial charge in [0.2, 0.25) is 0 Å². The van der Waals surface area contributed by atoms with E-state index >= 15 is 0 Å². The fourth-order valence-corrected chi connectivity index (χ4v) is 2.17. The van der Waals surface area contributed by atoms with Crippen LogP contribution in [0.2, 0.25) is 0 Å². The van der Waals surface area contributed by atoms with E-state index in [4.69, 9.17) is 0 Å². The molecule has 0 radical (unpaired) electrons. The Morgan fingerprint density at radius 2 is 2.31 bits per heavy atom. The summed E-state index contributed by atoms with van der Waals surface area (Å²) >= 11 is 1.76. The first kappa shape index (κ1) is 9.12. The van der Waals surface area contributed by atoms with Gasteiger partial charge in [0.25, 0.3) is 0 Å². The molecule has 0 aliphatic carbocycles. The van der Waals surface area contributed by atoms with Gasteiger partial charge in [-0.15, -0.1) is 11.3 Å². The monoisotopic (exact) mass is 197 g/mol. The molecule has 1 saturated heterocycles. The summed E-state index contributed by atoms with van der Waals surface area (Å²) in [4.78, 5) is 6.77. The number of nitrogens with one attached hydrogen (secondary N) is 1. The Balaban J connectivity index is 1.72. The smallest absolute Gasteiger partial charge is 0.0937 e. The minimum atomic E-state index is 1.11. The van der Waals surface area contributed by atoms with Crippen molar-refractivity contribution >= 4 is 11.3 Å². The summed E-state index contributed by atoms with van der Waals surface area (Å²) in [5.41, 5.74) is 0. The van der Waals surface area contributed by atoms with Crippen molar-refractivity contribution in [2.75, 3.05) is 32.7 Å². The molecule has 0 spiro atoms. The van der Waals surface area contributed by atoms with E-state index in [-0.39, 0.29) is 0 Å². The van der Waals surface area contributed by atoms with Crippen LogP contribution in [0.3, 0.4) is 0 Å². The standard InChI is InChI=1S/C9H15N3S/c1(9-11-4-8-13-9)5-12-6-2-10-3-7-12/h4,8,10H,1-3,5-7H2. The second kappa shape index (κ2) is 4.69. The average Bonchev–Trinajstić information content (AvgIpc) is 2.69. The maximum absolute atomic E-state index is 4.28. The summed E-state index contributed by atoms with van der Waals surface area (Å²) in [6, 6.07) is 0. The van der Waals surface area contributed by atoms with Crippen LogP contribution in [0, 0.1) is 0 Å². The molecule has 0 amide bonds. The molecule has 1 aromatic heterocycles. The molecule has 72 valence electrons. The Morgan fingerprint density at radius 1 is 1.46 bits per heavy atom. The van der Waals surface area contributed by atoms with Gasteiger partial charge in [-0.1, -0.05) is 0 Å². The van der Waals surface area contributed by atoms with Crippen molar-refractivity contribution in [3.05, 3.63) is 16.6 Å². The molecule has 3 nitrogen and oxygen atoms in total. The van der Waals surface area contributed by atoms with E-state index in [1.54, 1.807) is 11.3 Å². The number of aromatic nitrogens is 1. The molecule has 1 fully saturated rings. The summed E-state index contributed by atoms with van der Waals surface area (Å²) in [5.74, 6) is 0. The Bertz CT molecular complexity index is 229. The maximum atomic E-state index is 4.28. The third-order valence-corrected chi connectivity index (χ3v) is 3.17. The number of hydrogen-bond acceptors (Lipinski definition) is 4. The molecular formula is C9H15N3S. The van der Waals surface area contributed by atoms with E-state index in [1.165, 1.54) is 18.1 Å². The number of thiazole rings is 1. The Kier molecular flexibility index (Phi) is 3.29. The van der Waals surface area contributed by atoms with Crippen LogP contribution in [-0.2, 0) is 6.42 Å². The molecule has 0 saturated carbocycles. The topological polar surface area (TPSA) is 28.2 Å². The first-order valence-electron chi connectivity index (χ1n) is 4.76. The molecule has 0 unspecified atom stereocenters. The van der Waals surface area contributed by atoms with E-state index in [1.807, 2.05) is 11.6 Å². The number of hydrogen-bond donors (Lipinski definition) is 1. The van der Waals surface area contributed by atoms with Gasteiger partial charge < -0.3 is 10.2 Å². The minimum absolute atomic E-state index is 1.11. The molecule has 2 heterocycles. The van der Waals surface area contributed by atoms with Crippen molar-refractivity contribution in [2.24, 2.45) is 0 Å². The molecule has 1 aliphatic rings. The lowest BCUT2D eigenvalue weighted by atomic mass is 10.3. The third kappa shape index (κ3) is 2.76. The summed E-state index contributed by atoms with van der Waals surface area (Å²) in [6.07, 6.45) is 3.00. The van der Waals surface area contributed by atoms with Gasteiger partial charge in [-0.3, -0.25) is 0 Å². The van der Waals surface area contributed by atoms with Crippen LogP contribution in [0.15, 0.2) is 11.6 Å². The fraction of sp³-hybridized carbons (Fsp3) is 0.667. The van der Waals surface area contributed by atoms with Crippen molar-refractivity contribution in [1.29, 1.82) is 0 Å². The predicted octanol–water partition coefficient (Wildman–Crippen LogP) is 0.591. The molecule has 1 N–H and O–H groups in total. The molecule has 0 bridgehead atoms. The largest absolute Gasteiger partial charge is 0.314 e. The van der Waals surface area contributed by atoms with E-state index in [0.717, 1.165) is 26.1 Å². The zero-order chi connectivity index (χ0) is 8.93. The lowest BCUT2D eigenvalue weighted by Crippen LogP contribution is -2.44. The summed E-state index contributed by atoms with van der Waals surface area (Å²) in [7, 11) is 0. The van der Waals surface area contributed by atoms with Crippen molar-refractivity contribution in [1.82, 2.24) is 15.2 Å². The van der Waals surface area contributed by atoms with Crippen LogP contribution in [0.1, 0.15) is 5.01 Å². The highest BCUT2D eigenvalue weighted by Gasteiger charge is 2.09. The lowest BCUT2D eigenvalue weighted by molar-refractivity contribution is 0.244. The second-order valence-corrected chi connectivity index (χ2v) is 4.25. The molecule has 0 aromatic carbocycles. The third-order valence-electron chi connectivity index (χ3n) is 2.33. The Hall–Kier alpha value is -0.450. The van der Waals surface area contributed by atoms with Gasteiger partial charge in [0.1, 0.15) is 0 Å². The molecule has 4 heteroatoms. The summed E-state index contributed by atoms with van der Waals surface area (Å²) in [6.45, 7) is 5.81. The number of rotatable bonds is 3. The van der Waals surface area contributed by atoms with Gasteiger partial charge >= 0.3 is 0 Å². The highest BCUT2D eigenvalue weighted by atomic mass is 32.1. The van der Waals surface area contributed by atoms with E-state index in [0.29, 0.717) is 0 Å². The number of piperazine rings is 1. The quantitative estimate of drug-likeness (QED) is 0.769. The highest BCUT2D eigenvalue weighted by molar-refractivity contribution is 7.09. The zero-order valence-corrected chi connectivity index (χ0v) is 8.52. The van der Waals surface area contributed by atoms with Crippen LogP contribution in [-0.4, -0.2) is 42.6 Å². The summed E-state index contributed by atoms with van der Waals surface area (Å²) in [5, 5.41) is 6.66. The highest BCUT2D eigenvalue weighted by Crippen LogP contribution is 2.05. The van der Waals surface area contributed by atoms with Crippen LogP contribution < -0.4 is 5.32 Å². The zero-order valence-electron chi connectivity index (χ0n) is 7.70. The van der Waals surface area contributed by atoms with Gasteiger partial charge in [0.05, 0.1) is 5.01 Å². The van der Waals surface area contributed by atoms with Crippen molar-refractivity contribution < 1.29 is 0 Å². The van der Waals surface area contributed by atoms with Crippen molar-refractivity contribution in [2.45, 2.75) is 6.42 Å². The van der Waals surface area contributed by atoms with Crippen LogP contribution in [0.25, 0.3) is 0 Å². The van der Waals surface area contributed by atoms with Gasteiger partial charge in [-0.05, 0) is 0 Å². The SMILES string of the molecule is c1csc(CCN2CCNCC2)n1. The lowest BCUT2D eigenvalue weighted by Gasteiger charge is -2.26. The fourth-order valence-electron chi connectivity index (χ4n) is 1.56. The molecular weight excluding hydrogens is 182 g/mol. The molecule has 1 aromatic rings. The first-order chi connectivity index (χ1) is 6.45. The van der Waals surface area contributed by atoms with Crippen LogP contribution >= 0.6 is 11.3 Å². The van der Waals surface area contributed by atoms with E-state index in [2.05, 4.69) is 15.2 Å². The Labute approximate surface area is 82.8 Å². The van der Waals surface area contributed by atoms with Crippen LogP contribution in [0.4, 0.5) is 0 Å². The van der Waals surface area contributed by atoms with E-state index < -0.39 is 0 Å². The van der Waals surface area contributed by atoms with E-state index in [9.17, 15) is 0 Å². The average molecular weight is 197 g/mol.